The number of anilines is 1. The van der Waals surface area contributed by atoms with E-state index in [0.29, 0.717) is 5.84 Å². The maximum absolute atomic E-state index is 13.2. The lowest BCUT2D eigenvalue weighted by Crippen LogP contribution is -2.32. The van der Waals surface area contributed by atoms with Gasteiger partial charge in [-0.15, -0.1) is 10.2 Å². The molecule has 0 aliphatic heterocycles. The lowest BCUT2D eigenvalue weighted by Gasteiger charge is -2.31. The van der Waals surface area contributed by atoms with Crippen molar-refractivity contribution in [3.05, 3.63) is 72.3 Å². The van der Waals surface area contributed by atoms with Crippen LogP contribution >= 0.6 is 0 Å². The number of amidine groups is 1. The van der Waals surface area contributed by atoms with Crippen molar-refractivity contribution in [2.45, 2.75) is 33.6 Å². The number of azo groups is 1. The van der Waals surface area contributed by atoms with E-state index < -0.39 is 0 Å². The predicted octanol–water partition coefficient (Wildman–Crippen LogP) is 6.15. The van der Waals surface area contributed by atoms with Crippen LogP contribution in [0.5, 0.6) is 0 Å². The molecule has 2 aliphatic carbocycles. The number of benzene rings is 2. The van der Waals surface area contributed by atoms with E-state index in [-0.39, 0.29) is 22.5 Å². The van der Waals surface area contributed by atoms with E-state index in [1.807, 2.05) is 66.7 Å². The van der Waals surface area contributed by atoms with Crippen molar-refractivity contribution < 1.29 is 4.79 Å². The number of hydrazone groups is 1. The molecule has 2 saturated carbocycles. The van der Waals surface area contributed by atoms with Crippen molar-refractivity contribution in [3.63, 3.8) is 0 Å². The number of ketones is 1. The Morgan fingerprint density at radius 2 is 1.69 bits per heavy atom. The first-order valence-electron chi connectivity index (χ1n) is 10.0. The fourth-order valence-corrected chi connectivity index (χ4v) is 4.55. The van der Waals surface area contributed by atoms with Crippen molar-refractivity contribution in [2.24, 2.45) is 32.1 Å². The van der Waals surface area contributed by atoms with Crippen LogP contribution in [0.15, 0.2) is 87.6 Å². The summed E-state index contributed by atoms with van der Waals surface area (Å²) in [6, 6.07) is 19.2. The van der Waals surface area contributed by atoms with Crippen molar-refractivity contribution in [3.8, 4) is 0 Å². The SMILES string of the molecule is CC1(C)[C@@H]2CC[C@@]1(C)C(=O)C2=CC(N=Nc1ccccc1)=NNc1ccccc1. The van der Waals surface area contributed by atoms with E-state index in [1.165, 1.54) is 0 Å². The summed E-state index contributed by atoms with van der Waals surface area (Å²) in [6.45, 7) is 6.50. The Balaban J connectivity index is 1.68. The molecule has 2 aromatic rings. The number of fused-ring (bicyclic) bond motifs is 2. The number of carbonyl (C=O) groups excluding carboxylic acids is 1. The fourth-order valence-electron chi connectivity index (χ4n) is 4.55. The largest absolute Gasteiger partial charge is 0.294 e. The molecule has 0 amide bonds. The summed E-state index contributed by atoms with van der Waals surface area (Å²) in [7, 11) is 0. The Labute approximate surface area is 171 Å². The Morgan fingerprint density at radius 3 is 2.31 bits per heavy atom. The van der Waals surface area contributed by atoms with Crippen LogP contribution in [0.4, 0.5) is 11.4 Å². The molecule has 2 bridgehead atoms. The summed E-state index contributed by atoms with van der Waals surface area (Å²) in [5.41, 5.74) is 5.08. The highest BCUT2D eigenvalue weighted by atomic mass is 16.1. The number of allylic oxidation sites excluding steroid dienone is 1. The normalized spacial score (nSPS) is 27.1. The van der Waals surface area contributed by atoms with Crippen LogP contribution in [0.3, 0.4) is 0 Å². The Kier molecular flexibility index (Phi) is 4.91. The molecule has 0 saturated heterocycles. The first-order valence-corrected chi connectivity index (χ1v) is 10.0. The van der Waals surface area contributed by atoms with Crippen molar-refractivity contribution in [1.82, 2.24) is 0 Å². The molecule has 1 N–H and O–H groups in total. The first-order chi connectivity index (χ1) is 13.9. The van der Waals surface area contributed by atoms with Gasteiger partial charge in [-0.05, 0) is 54.5 Å². The topological polar surface area (TPSA) is 66.2 Å². The van der Waals surface area contributed by atoms with Gasteiger partial charge in [-0.3, -0.25) is 10.2 Å². The third kappa shape index (κ3) is 3.41. The summed E-state index contributed by atoms with van der Waals surface area (Å²) in [6.07, 6.45) is 3.79. The average molecular weight is 386 g/mol. The van der Waals surface area contributed by atoms with E-state index in [0.717, 1.165) is 29.8 Å². The zero-order valence-electron chi connectivity index (χ0n) is 17.1. The standard InChI is InChI=1S/C24H26N4O/c1-23(2)20-14-15-24(23,3)22(29)19(20)16-21(27-25-17-10-6-4-7-11-17)28-26-18-12-8-5-9-13-18/h4-13,16,20,25H,14-15H2,1-3H3/t20-,24+/m1/s1. The minimum absolute atomic E-state index is 0.0511. The summed E-state index contributed by atoms with van der Waals surface area (Å²) < 4.78 is 0. The van der Waals surface area contributed by atoms with Crippen LogP contribution in [-0.2, 0) is 4.79 Å². The second-order valence-electron chi connectivity index (χ2n) is 8.56. The van der Waals surface area contributed by atoms with Crippen molar-refractivity contribution >= 4 is 23.0 Å². The van der Waals surface area contributed by atoms with E-state index in [1.54, 1.807) is 0 Å². The molecule has 5 heteroatoms. The van der Waals surface area contributed by atoms with Gasteiger partial charge in [0.1, 0.15) is 0 Å². The van der Waals surface area contributed by atoms with Crippen LogP contribution in [0.2, 0.25) is 0 Å². The highest BCUT2D eigenvalue weighted by molar-refractivity contribution is 6.10. The van der Waals surface area contributed by atoms with Crippen LogP contribution in [0.1, 0.15) is 33.6 Å². The molecular formula is C24H26N4O. The van der Waals surface area contributed by atoms with E-state index in [2.05, 4.69) is 41.5 Å². The maximum atomic E-state index is 13.2. The van der Waals surface area contributed by atoms with Crippen LogP contribution in [0, 0.1) is 16.7 Å². The number of Topliss-reactive ketones (excluding diaryl/α,β-unsaturated/α-hetero) is 1. The Bertz CT molecular complexity index is 992. The lowest BCUT2D eigenvalue weighted by molar-refractivity contribution is -0.125. The van der Waals surface area contributed by atoms with Crippen molar-refractivity contribution in [2.75, 3.05) is 5.43 Å². The second kappa shape index (κ2) is 7.39. The molecule has 29 heavy (non-hydrogen) atoms. The molecule has 2 aromatic carbocycles. The summed E-state index contributed by atoms with van der Waals surface area (Å²) in [5, 5.41) is 13.1. The van der Waals surface area contributed by atoms with E-state index in [9.17, 15) is 4.79 Å². The first kappa shape index (κ1) is 19.2. The third-order valence-corrected chi connectivity index (χ3v) is 6.75. The highest BCUT2D eigenvalue weighted by Crippen LogP contribution is 2.65. The Hall–Kier alpha value is -3.08. The van der Waals surface area contributed by atoms with Gasteiger partial charge in [-0.2, -0.15) is 5.10 Å². The number of nitrogens with zero attached hydrogens (tertiary/aromatic N) is 3. The van der Waals surface area contributed by atoms with Gasteiger partial charge in [0.2, 0.25) is 0 Å². The van der Waals surface area contributed by atoms with Gasteiger partial charge < -0.3 is 0 Å². The van der Waals surface area contributed by atoms with Crippen molar-refractivity contribution in [1.29, 1.82) is 0 Å². The summed E-state index contributed by atoms with van der Waals surface area (Å²) >= 11 is 0. The molecule has 0 aromatic heterocycles. The minimum atomic E-state index is -0.307. The summed E-state index contributed by atoms with van der Waals surface area (Å²) in [5.74, 6) is 0.850. The van der Waals surface area contributed by atoms with Gasteiger partial charge in [0.15, 0.2) is 11.6 Å². The molecule has 0 radical (unpaired) electrons. The van der Waals surface area contributed by atoms with Gasteiger partial charge in [-0.1, -0.05) is 57.2 Å². The molecule has 0 spiro atoms. The molecular weight excluding hydrogens is 360 g/mol. The third-order valence-electron chi connectivity index (χ3n) is 6.75. The van der Waals surface area contributed by atoms with Crippen LogP contribution in [0.25, 0.3) is 0 Å². The van der Waals surface area contributed by atoms with Gasteiger partial charge >= 0.3 is 0 Å². The Morgan fingerprint density at radius 1 is 1.03 bits per heavy atom. The quantitative estimate of drug-likeness (QED) is 0.225. The molecule has 0 heterocycles. The number of nitrogens with one attached hydrogen (secondary N) is 1. The van der Waals surface area contributed by atoms with Gasteiger partial charge in [-0.25, -0.2) is 0 Å². The number of hydrogen-bond donors (Lipinski definition) is 1. The maximum Gasteiger partial charge on any atom is 0.194 e. The zero-order valence-corrected chi connectivity index (χ0v) is 17.1. The zero-order chi connectivity index (χ0) is 20.5. The molecule has 2 aliphatic rings. The number of rotatable bonds is 4. The monoisotopic (exact) mass is 386 g/mol. The molecule has 5 nitrogen and oxygen atoms in total. The minimum Gasteiger partial charge on any atom is -0.294 e. The summed E-state index contributed by atoms with van der Waals surface area (Å²) in [4.78, 5) is 13.2. The molecule has 4 rings (SSSR count). The van der Waals surface area contributed by atoms with Crippen LogP contribution < -0.4 is 5.43 Å². The lowest BCUT2D eigenvalue weighted by atomic mass is 9.70. The number of hydrogen-bond acceptors (Lipinski definition) is 4. The molecule has 2 fully saturated rings. The average Bonchev–Trinajstić information content (AvgIpc) is 3.05. The predicted molar refractivity (Wildman–Crippen MR) is 116 cm³/mol. The van der Waals surface area contributed by atoms with E-state index in [4.69, 9.17) is 0 Å². The molecule has 148 valence electrons. The highest BCUT2D eigenvalue weighted by Gasteiger charge is 2.63. The molecule has 2 atom stereocenters. The number of carbonyl (C=O) groups is 1. The van der Waals surface area contributed by atoms with Crippen LogP contribution in [-0.4, -0.2) is 11.6 Å². The number of para-hydroxylation sites is 1. The smallest absolute Gasteiger partial charge is 0.194 e. The molecule has 0 unspecified atom stereocenters. The van der Waals surface area contributed by atoms with E-state index >= 15 is 0 Å². The van der Waals surface area contributed by atoms with Gasteiger partial charge in [0.05, 0.1) is 11.4 Å². The van der Waals surface area contributed by atoms with Gasteiger partial charge in [0.25, 0.3) is 0 Å². The fraction of sp³-hybridized carbons (Fsp3) is 0.333. The van der Waals surface area contributed by atoms with Gasteiger partial charge in [0, 0.05) is 11.0 Å². The second-order valence-corrected chi connectivity index (χ2v) is 8.56.